The third-order valence-corrected chi connectivity index (χ3v) is 5.04. The second-order valence-electron chi connectivity index (χ2n) is 6.54. The fraction of sp³-hybridized carbons (Fsp3) is 0.200. The number of nitrogens with zero attached hydrogens (tertiary/aromatic N) is 1. The van der Waals surface area contributed by atoms with Crippen LogP contribution in [0.3, 0.4) is 0 Å². The number of aliphatic hydroxyl groups is 1. The van der Waals surface area contributed by atoms with Gasteiger partial charge in [0.1, 0.15) is 10.6 Å². The second kappa shape index (κ2) is 7.92. The highest BCUT2D eigenvalue weighted by molar-refractivity contribution is 6.36. The molecule has 10 heteroatoms. The Morgan fingerprint density at radius 2 is 1.93 bits per heavy atom. The van der Waals surface area contributed by atoms with E-state index < -0.39 is 51.3 Å². The Bertz CT molecular complexity index is 1260. The first-order valence-corrected chi connectivity index (χ1v) is 9.20. The molecule has 0 saturated heterocycles. The van der Waals surface area contributed by atoms with Gasteiger partial charge in [-0.1, -0.05) is 11.6 Å². The van der Waals surface area contributed by atoms with E-state index in [-0.39, 0.29) is 17.8 Å². The maximum Gasteiger partial charge on any atom is 0.343 e. The van der Waals surface area contributed by atoms with Gasteiger partial charge < -0.3 is 25.9 Å². The number of aryl methyl sites for hydroxylation is 1. The highest BCUT2D eigenvalue weighted by atomic mass is 35.5. The van der Waals surface area contributed by atoms with Crippen LogP contribution in [-0.2, 0) is 11.3 Å². The van der Waals surface area contributed by atoms with Crippen LogP contribution < -0.4 is 16.9 Å². The summed E-state index contributed by atoms with van der Waals surface area (Å²) in [5, 5.41) is 8.60. The van der Waals surface area contributed by atoms with Gasteiger partial charge in [-0.25, -0.2) is 13.6 Å². The molecule has 0 unspecified atom stereocenters. The minimum atomic E-state index is -1.51. The van der Waals surface area contributed by atoms with Crippen molar-refractivity contribution in [1.82, 2.24) is 4.57 Å². The summed E-state index contributed by atoms with van der Waals surface area (Å²) in [7, 11) is 0. The van der Waals surface area contributed by atoms with Crippen molar-refractivity contribution in [2.45, 2.75) is 20.5 Å². The quantitative estimate of drug-likeness (QED) is 0.328. The average Bonchev–Trinajstić information content (AvgIpc) is 2.72. The second-order valence-corrected chi connectivity index (χ2v) is 6.92. The Hall–Kier alpha value is -3.17. The van der Waals surface area contributed by atoms with Crippen LogP contribution in [0.5, 0.6) is 0 Å². The molecule has 0 amide bonds. The maximum absolute atomic E-state index is 14.4. The van der Waals surface area contributed by atoms with E-state index in [1.54, 1.807) is 19.9 Å². The van der Waals surface area contributed by atoms with Crippen molar-refractivity contribution in [3.8, 4) is 5.69 Å². The molecule has 7 nitrogen and oxygen atoms in total. The zero-order valence-electron chi connectivity index (χ0n) is 16.1. The summed E-state index contributed by atoms with van der Waals surface area (Å²) in [4.78, 5) is 25.3. The van der Waals surface area contributed by atoms with E-state index in [1.165, 1.54) is 10.6 Å². The van der Waals surface area contributed by atoms with E-state index in [9.17, 15) is 23.5 Å². The lowest BCUT2D eigenvalue weighted by atomic mass is 10.0. The smallest absolute Gasteiger partial charge is 0.343 e. The summed E-state index contributed by atoms with van der Waals surface area (Å²) in [5.74, 6) is -3.95. The molecule has 1 aromatic heterocycles. The molecule has 2 aromatic carbocycles. The highest BCUT2D eigenvalue weighted by Crippen LogP contribution is 2.35. The molecule has 0 aliphatic carbocycles. The summed E-state index contributed by atoms with van der Waals surface area (Å²) >= 11 is 6.05. The third kappa shape index (κ3) is 3.25. The van der Waals surface area contributed by atoms with Crippen molar-refractivity contribution in [1.29, 1.82) is 0 Å². The molecule has 0 saturated carbocycles. The van der Waals surface area contributed by atoms with Crippen LogP contribution in [0.1, 0.15) is 28.4 Å². The highest BCUT2D eigenvalue weighted by Gasteiger charge is 2.26. The van der Waals surface area contributed by atoms with Crippen molar-refractivity contribution >= 4 is 39.8 Å². The first kappa shape index (κ1) is 21.5. The van der Waals surface area contributed by atoms with Gasteiger partial charge in [-0.2, -0.15) is 0 Å². The van der Waals surface area contributed by atoms with Gasteiger partial charge in [-0.05, 0) is 31.5 Å². The Kier molecular flexibility index (Phi) is 5.69. The molecule has 3 rings (SSSR count). The first-order chi connectivity index (χ1) is 14.1. The largest absolute Gasteiger partial charge is 0.462 e. The number of hydrogen-bond acceptors (Lipinski definition) is 6. The number of carbonyl (C=O) groups excluding carboxylic acids is 1. The number of benzene rings is 2. The Morgan fingerprint density at radius 3 is 2.53 bits per heavy atom. The van der Waals surface area contributed by atoms with E-state index >= 15 is 0 Å². The normalized spacial score (nSPS) is 11.1. The molecule has 0 spiro atoms. The zero-order chi connectivity index (χ0) is 22.3. The maximum atomic E-state index is 14.4. The van der Waals surface area contributed by atoms with Crippen molar-refractivity contribution < 1.29 is 23.4 Å². The molecule has 158 valence electrons. The van der Waals surface area contributed by atoms with Crippen LogP contribution in [0.15, 0.2) is 23.1 Å². The van der Waals surface area contributed by atoms with E-state index in [0.29, 0.717) is 16.8 Å². The lowest BCUT2D eigenvalue weighted by Gasteiger charge is -2.19. The number of hydrogen-bond donors (Lipinski definition) is 3. The van der Waals surface area contributed by atoms with Gasteiger partial charge >= 0.3 is 5.97 Å². The molecule has 3 aromatic rings. The van der Waals surface area contributed by atoms with Gasteiger partial charge in [0, 0.05) is 17.4 Å². The van der Waals surface area contributed by atoms with Crippen LogP contribution in [0.2, 0.25) is 5.02 Å². The number of rotatable bonds is 4. The van der Waals surface area contributed by atoms with Crippen molar-refractivity contribution in [2.75, 3.05) is 18.1 Å². The van der Waals surface area contributed by atoms with Gasteiger partial charge in [0.25, 0.3) is 0 Å². The number of carbonyl (C=O) groups is 1. The fourth-order valence-corrected chi connectivity index (χ4v) is 3.44. The molecule has 0 aliphatic rings. The SMILES string of the molecule is CCOC(=O)c1cn(-c2cc(N)c(C)cc2CO)c2c(Cl)c(F)c(F)c(N)c2c1=O. The van der Waals surface area contributed by atoms with Crippen LogP contribution in [0, 0.1) is 18.6 Å². The van der Waals surface area contributed by atoms with Crippen LogP contribution in [0.4, 0.5) is 20.2 Å². The summed E-state index contributed by atoms with van der Waals surface area (Å²) in [6, 6.07) is 3.03. The number of aliphatic hydroxyl groups excluding tert-OH is 1. The van der Waals surface area contributed by atoms with E-state index in [2.05, 4.69) is 0 Å². The van der Waals surface area contributed by atoms with Gasteiger partial charge in [0.2, 0.25) is 5.43 Å². The van der Waals surface area contributed by atoms with Crippen molar-refractivity contribution in [3.63, 3.8) is 0 Å². The molecule has 30 heavy (non-hydrogen) atoms. The number of halogens is 3. The molecular weight excluding hydrogens is 420 g/mol. The Morgan fingerprint density at radius 1 is 1.27 bits per heavy atom. The predicted molar refractivity (Wildman–Crippen MR) is 110 cm³/mol. The van der Waals surface area contributed by atoms with Crippen molar-refractivity contribution in [3.05, 3.63) is 61.9 Å². The van der Waals surface area contributed by atoms with Gasteiger partial charge in [0.15, 0.2) is 11.6 Å². The number of nitrogen functional groups attached to an aromatic ring is 2. The molecule has 0 aliphatic heterocycles. The summed E-state index contributed by atoms with van der Waals surface area (Å²) < 4.78 is 34.7. The summed E-state index contributed by atoms with van der Waals surface area (Å²) in [5.41, 5.74) is 10.7. The first-order valence-electron chi connectivity index (χ1n) is 8.82. The topological polar surface area (TPSA) is 121 Å². The van der Waals surface area contributed by atoms with E-state index in [4.69, 9.17) is 27.8 Å². The molecule has 0 atom stereocenters. The molecule has 0 bridgehead atoms. The van der Waals surface area contributed by atoms with Gasteiger partial charge in [0.05, 0.1) is 35.5 Å². The van der Waals surface area contributed by atoms with Crippen LogP contribution in [0.25, 0.3) is 16.6 Å². The number of pyridine rings is 1. The number of ether oxygens (including phenoxy) is 1. The lowest BCUT2D eigenvalue weighted by Crippen LogP contribution is -2.23. The average molecular weight is 438 g/mol. The Labute approximate surface area is 174 Å². The molecule has 0 fully saturated rings. The number of anilines is 2. The number of esters is 1. The van der Waals surface area contributed by atoms with E-state index in [0.717, 1.165) is 6.20 Å². The summed E-state index contributed by atoms with van der Waals surface area (Å²) in [6.45, 7) is 2.79. The zero-order valence-corrected chi connectivity index (χ0v) is 16.8. The standard InChI is InChI=1S/C20H18ClF2N3O4/c1-3-30-20(29)10-6-26(12-5-11(24)8(2)4-9(12)7-27)18-13(19(10)28)17(25)16(23)15(22)14(18)21/h4-6,27H,3,7,24-25H2,1-2H3. The summed E-state index contributed by atoms with van der Waals surface area (Å²) in [6.07, 6.45) is 1.08. The predicted octanol–water partition coefficient (Wildman–Crippen LogP) is 3.06. The van der Waals surface area contributed by atoms with Crippen LogP contribution in [-0.4, -0.2) is 22.2 Å². The Balaban J connectivity index is 2.60. The molecular formula is C20H18ClF2N3O4. The van der Waals surface area contributed by atoms with Crippen molar-refractivity contribution in [2.24, 2.45) is 0 Å². The minimum Gasteiger partial charge on any atom is -0.462 e. The minimum absolute atomic E-state index is 0.0241. The number of fused-ring (bicyclic) bond motifs is 1. The van der Waals surface area contributed by atoms with E-state index in [1.807, 2.05) is 0 Å². The van der Waals surface area contributed by atoms with Gasteiger partial charge in [-0.15, -0.1) is 0 Å². The molecule has 0 radical (unpaired) electrons. The fourth-order valence-electron chi connectivity index (χ4n) is 3.18. The molecule has 1 heterocycles. The third-order valence-electron chi connectivity index (χ3n) is 4.70. The lowest BCUT2D eigenvalue weighted by molar-refractivity contribution is 0.0524. The monoisotopic (exact) mass is 437 g/mol. The molecule has 5 N–H and O–H groups in total. The number of nitrogens with two attached hydrogens (primary N) is 2. The van der Waals surface area contributed by atoms with Crippen LogP contribution >= 0.6 is 11.6 Å². The van der Waals surface area contributed by atoms with Gasteiger partial charge in [-0.3, -0.25) is 4.79 Å². The number of aromatic nitrogens is 1.